The molecule has 92 valence electrons. The molecule has 15 heavy (non-hydrogen) atoms. The molecule has 0 spiro atoms. The third kappa shape index (κ3) is 14.6. The lowest BCUT2D eigenvalue weighted by Gasteiger charge is -2.02. The molecule has 0 saturated heterocycles. The Kier molecular flexibility index (Phi) is 15.2. The zero-order chi connectivity index (χ0) is 11.2. The molecule has 0 atom stereocenters. The van der Waals surface area contributed by atoms with Crippen molar-refractivity contribution in [2.75, 3.05) is 50.2 Å². The van der Waals surface area contributed by atoms with Crippen molar-refractivity contribution in [1.29, 1.82) is 0 Å². The summed E-state index contributed by atoms with van der Waals surface area (Å²) in [4.78, 5) is 0. The normalized spacial score (nSPS) is 10.8. The molecule has 0 aromatic rings. The van der Waals surface area contributed by atoms with Crippen molar-refractivity contribution in [2.24, 2.45) is 0 Å². The summed E-state index contributed by atoms with van der Waals surface area (Å²) in [5.74, 6) is 5.29. The van der Waals surface area contributed by atoms with E-state index in [4.69, 9.17) is 0 Å². The standard InChI is InChI=1S/C11H26N2S2/c1-12-6-3-8-14-10-5-11-15-9-4-7-13-2/h12-13H,3-11H2,1-2H3. The van der Waals surface area contributed by atoms with Crippen LogP contribution in [-0.4, -0.2) is 50.2 Å². The zero-order valence-corrected chi connectivity index (χ0v) is 11.8. The van der Waals surface area contributed by atoms with E-state index in [1.165, 1.54) is 42.3 Å². The van der Waals surface area contributed by atoms with Crippen LogP contribution >= 0.6 is 23.5 Å². The molecule has 0 aliphatic carbocycles. The monoisotopic (exact) mass is 250 g/mol. The second kappa shape index (κ2) is 14.6. The van der Waals surface area contributed by atoms with Crippen molar-refractivity contribution in [2.45, 2.75) is 19.3 Å². The first-order chi connectivity index (χ1) is 7.41. The van der Waals surface area contributed by atoms with Gasteiger partial charge in [-0.25, -0.2) is 0 Å². The Balaban J connectivity index is 2.81. The van der Waals surface area contributed by atoms with E-state index in [0.29, 0.717) is 0 Å². The van der Waals surface area contributed by atoms with Gasteiger partial charge in [-0.15, -0.1) is 0 Å². The van der Waals surface area contributed by atoms with Gasteiger partial charge in [-0.1, -0.05) is 0 Å². The minimum absolute atomic E-state index is 1.16. The van der Waals surface area contributed by atoms with Gasteiger partial charge in [-0.3, -0.25) is 0 Å². The van der Waals surface area contributed by atoms with Crippen molar-refractivity contribution in [3.63, 3.8) is 0 Å². The average molecular weight is 250 g/mol. The summed E-state index contributed by atoms with van der Waals surface area (Å²) in [5.41, 5.74) is 0. The summed E-state index contributed by atoms with van der Waals surface area (Å²) in [7, 11) is 4.04. The van der Waals surface area contributed by atoms with Crippen LogP contribution in [0.1, 0.15) is 19.3 Å². The molecule has 0 aliphatic rings. The van der Waals surface area contributed by atoms with Gasteiger partial charge in [0.2, 0.25) is 0 Å². The van der Waals surface area contributed by atoms with Crippen molar-refractivity contribution < 1.29 is 0 Å². The topological polar surface area (TPSA) is 24.1 Å². The fraction of sp³-hybridized carbons (Fsp3) is 1.00. The van der Waals surface area contributed by atoms with E-state index in [0.717, 1.165) is 13.1 Å². The Bertz CT molecular complexity index is 101. The van der Waals surface area contributed by atoms with Crippen LogP contribution in [0.2, 0.25) is 0 Å². The number of rotatable bonds is 12. The van der Waals surface area contributed by atoms with E-state index in [1.54, 1.807) is 0 Å². The molecule has 0 heterocycles. The van der Waals surface area contributed by atoms with Gasteiger partial charge in [-0.2, -0.15) is 23.5 Å². The third-order valence-electron chi connectivity index (χ3n) is 2.01. The van der Waals surface area contributed by atoms with E-state index in [-0.39, 0.29) is 0 Å². The van der Waals surface area contributed by atoms with Gasteiger partial charge in [0.15, 0.2) is 0 Å². The van der Waals surface area contributed by atoms with Crippen LogP contribution in [0.3, 0.4) is 0 Å². The minimum Gasteiger partial charge on any atom is -0.320 e. The van der Waals surface area contributed by atoms with Crippen LogP contribution in [0.15, 0.2) is 0 Å². The number of hydrogen-bond donors (Lipinski definition) is 2. The zero-order valence-electron chi connectivity index (χ0n) is 10.2. The molecule has 2 N–H and O–H groups in total. The Morgan fingerprint density at radius 2 is 1.07 bits per heavy atom. The molecular formula is C11H26N2S2. The van der Waals surface area contributed by atoms with Crippen LogP contribution in [0.5, 0.6) is 0 Å². The summed E-state index contributed by atoms with van der Waals surface area (Å²) in [6.07, 6.45) is 3.97. The highest BCUT2D eigenvalue weighted by Crippen LogP contribution is 2.09. The van der Waals surface area contributed by atoms with Crippen molar-refractivity contribution in [1.82, 2.24) is 10.6 Å². The Morgan fingerprint density at radius 3 is 1.47 bits per heavy atom. The van der Waals surface area contributed by atoms with Gasteiger partial charge in [0.05, 0.1) is 0 Å². The highest BCUT2D eigenvalue weighted by atomic mass is 32.2. The van der Waals surface area contributed by atoms with Crippen LogP contribution in [0.25, 0.3) is 0 Å². The van der Waals surface area contributed by atoms with E-state index < -0.39 is 0 Å². The molecular weight excluding hydrogens is 224 g/mol. The van der Waals surface area contributed by atoms with Gasteiger partial charge in [0.1, 0.15) is 0 Å². The van der Waals surface area contributed by atoms with Gasteiger partial charge < -0.3 is 10.6 Å². The number of nitrogens with one attached hydrogen (secondary N) is 2. The van der Waals surface area contributed by atoms with Crippen molar-refractivity contribution >= 4 is 23.5 Å². The summed E-state index contributed by atoms with van der Waals surface area (Å²) >= 11 is 4.19. The predicted molar refractivity (Wildman–Crippen MR) is 76.4 cm³/mol. The molecule has 0 fully saturated rings. The molecule has 0 amide bonds. The Morgan fingerprint density at radius 1 is 0.667 bits per heavy atom. The fourth-order valence-corrected chi connectivity index (χ4v) is 3.15. The molecule has 2 nitrogen and oxygen atoms in total. The van der Waals surface area contributed by atoms with Crippen LogP contribution in [-0.2, 0) is 0 Å². The third-order valence-corrected chi connectivity index (χ3v) is 4.32. The first-order valence-electron chi connectivity index (χ1n) is 5.86. The summed E-state index contributed by atoms with van der Waals surface area (Å²) in [5, 5.41) is 6.35. The minimum atomic E-state index is 1.16. The lowest BCUT2D eigenvalue weighted by atomic mass is 10.5. The fourth-order valence-electron chi connectivity index (χ4n) is 1.17. The smallest absolute Gasteiger partial charge is 0.00441 e. The molecule has 0 aliphatic heterocycles. The van der Waals surface area contributed by atoms with Crippen molar-refractivity contribution in [3.8, 4) is 0 Å². The summed E-state index contributed by atoms with van der Waals surface area (Å²) in [6, 6.07) is 0. The molecule has 0 radical (unpaired) electrons. The first-order valence-corrected chi connectivity index (χ1v) is 8.17. The van der Waals surface area contributed by atoms with E-state index in [9.17, 15) is 0 Å². The van der Waals surface area contributed by atoms with Crippen molar-refractivity contribution in [3.05, 3.63) is 0 Å². The second-order valence-electron chi connectivity index (χ2n) is 3.49. The summed E-state index contributed by atoms with van der Waals surface area (Å²) in [6.45, 7) is 2.32. The number of thioether (sulfide) groups is 2. The second-order valence-corrected chi connectivity index (χ2v) is 5.94. The molecule has 0 bridgehead atoms. The molecule has 0 aromatic heterocycles. The highest BCUT2D eigenvalue weighted by molar-refractivity contribution is 8.00. The van der Waals surface area contributed by atoms with E-state index in [2.05, 4.69) is 34.2 Å². The molecule has 0 unspecified atom stereocenters. The highest BCUT2D eigenvalue weighted by Gasteiger charge is 1.92. The summed E-state index contributed by atoms with van der Waals surface area (Å²) < 4.78 is 0. The first kappa shape index (κ1) is 15.6. The van der Waals surface area contributed by atoms with Gasteiger partial charge in [-0.05, 0) is 69.5 Å². The van der Waals surface area contributed by atoms with Crippen LogP contribution in [0, 0.1) is 0 Å². The average Bonchev–Trinajstić information content (AvgIpc) is 2.26. The molecule has 0 rings (SSSR count). The lowest BCUT2D eigenvalue weighted by Crippen LogP contribution is -2.08. The SMILES string of the molecule is CNCCCSCCCSCCCNC. The van der Waals surface area contributed by atoms with Gasteiger partial charge in [0, 0.05) is 0 Å². The lowest BCUT2D eigenvalue weighted by molar-refractivity contribution is 0.777. The van der Waals surface area contributed by atoms with Crippen LogP contribution in [0.4, 0.5) is 0 Å². The maximum atomic E-state index is 3.18. The van der Waals surface area contributed by atoms with E-state index in [1.807, 2.05) is 14.1 Å². The number of hydrogen-bond acceptors (Lipinski definition) is 4. The Hall–Kier alpha value is 0.620. The quantitative estimate of drug-likeness (QED) is 0.518. The van der Waals surface area contributed by atoms with Gasteiger partial charge in [0.25, 0.3) is 0 Å². The van der Waals surface area contributed by atoms with Gasteiger partial charge >= 0.3 is 0 Å². The molecule has 0 saturated carbocycles. The Labute approximate surface area is 104 Å². The maximum absolute atomic E-state index is 3.18. The maximum Gasteiger partial charge on any atom is -0.00441 e. The van der Waals surface area contributed by atoms with E-state index >= 15 is 0 Å². The largest absolute Gasteiger partial charge is 0.320 e. The molecule has 4 heteroatoms. The molecule has 0 aromatic carbocycles. The van der Waals surface area contributed by atoms with Crippen LogP contribution < -0.4 is 10.6 Å². The predicted octanol–water partition coefficient (Wildman–Crippen LogP) is 2.06.